The van der Waals surface area contributed by atoms with Crippen LogP contribution in [0.4, 0.5) is 10.1 Å². The van der Waals surface area contributed by atoms with Crippen LogP contribution in [0.25, 0.3) is 0 Å². The van der Waals surface area contributed by atoms with Crippen molar-refractivity contribution in [2.75, 3.05) is 30.4 Å². The molecule has 0 saturated carbocycles. The summed E-state index contributed by atoms with van der Waals surface area (Å²) < 4.78 is 36.4. The number of carbonyl (C=O) groups excluding carboxylic acids is 1. The summed E-state index contributed by atoms with van der Waals surface area (Å²) in [4.78, 5) is 12.7. The predicted molar refractivity (Wildman–Crippen MR) is 78.9 cm³/mol. The summed E-state index contributed by atoms with van der Waals surface area (Å²) in [6.45, 7) is 0.0856. The maximum atomic E-state index is 13.6. The minimum absolute atomic E-state index is 0.0660. The molecule has 1 amide bonds. The molecule has 116 valence electrons. The Labute approximate surface area is 128 Å². The number of amides is 1. The van der Waals surface area contributed by atoms with E-state index < -0.39 is 15.7 Å². The highest BCUT2D eigenvalue weighted by Gasteiger charge is 2.34. The van der Waals surface area contributed by atoms with Crippen molar-refractivity contribution in [1.29, 1.82) is 0 Å². The monoisotopic (exact) mass is 335 g/mol. The van der Waals surface area contributed by atoms with E-state index in [9.17, 15) is 17.6 Å². The van der Waals surface area contributed by atoms with Gasteiger partial charge < -0.3 is 10.2 Å². The zero-order chi connectivity index (χ0) is 15.6. The van der Waals surface area contributed by atoms with Crippen LogP contribution in [0.1, 0.15) is 6.42 Å². The van der Waals surface area contributed by atoms with Crippen LogP contribution in [-0.4, -0.2) is 45.5 Å². The van der Waals surface area contributed by atoms with E-state index in [0.717, 1.165) is 11.0 Å². The lowest BCUT2D eigenvalue weighted by atomic mass is 10.2. The van der Waals surface area contributed by atoms with Crippen molar-refractivity contribution in [1.82, 2.24) is 0 Å². The van der Waals surface area contributed by atoms with Crippen molar-refractivity contribution in [2.24, 2.45) is 0 Å². The number of hydrogen-bond acceptors (Lipinski definition) is 3. The topological polar surface area (TPSA) is 67.7 Å². The van der Waals surface area contributed by atoms with Crippen molar-refractivity contribution < 1.29 is 22.5 Å². The van der Waals surface area contributed by atoms with Crippen molar-refractivity contribution in [3.8, 4) is 0 Å². The van der Waals surface area contributed by atoms with Gasteiger partial charge in [0.1, 0.15) is 17.6 Å². The molecule has 0 spiro atoms. The number of likely N-dealkylation sites (N-methyl/N-ethyl adjacent to an activating group) is 1. The molecule has 1 saturated heterocycles. The van der Waals surface area contributed by atoms with Crippen LogP contribution in [-0.2, 0) is 14.6 Å². The summed E-state index contributed by atoms with van der Waals surface area (Å²) in [5, 5.41) is 2.72. The Kier molecular flexibility index (Phi) is 4.85. The molecule has 1 aromatic carbocycles. The zero-order valence-corrected chi connectivity index (χ0v) is 13.1. The molecule has 8 heteroatoms. The van der Waals surface area contributed by atoms with E-state index in [2.05, 4.69) is 5.32 Å². The van der Waals surface area contributed by atoms with E-state index >= 15 is 0 Å². The third-order valence-corrected chi connectivity index (χ3v) is 5.58. The van der Waals surface area contributed by atoms with Gasteiger partial charge in [0.25, 0.3) is 5.91 Å². The molecular formula is C13H17ClFN2O3S+. The van der Waals surface area contributed by atoms with Crippen LogP contribution in [0.5, 0.6) is 0 Å². The number of nitrogens with one attached hydrogen (secondary N) is 2. The minimum Gasteiger partial charge on any atom is -0.326 e. The molecule has 5 nitrogen and oxygen atoms in total. The second-order valence-corrected chi connectivity index (χ2v) is 7.96. The highest BCUT2D eigenvalue weighted by molar-refractivity contribution is 7.91. The molecule has 1 heterocycles. The fourth-order valence-corrected chi connectivity index (χ4v) is 4.40. The largest absolute Gasteiger partial charge is 0.326 e. The summed E-state index contributed by atoms with van der Waals surface area (Å²) in [6.07, 6.45) is 0.552. The lowest BCUT2D eigenvalue weighted by molar-refractivity contribution is -0.894. The first kappa shape index (κ1) is 16.2. The van der Waals surface area contributed by atoms with Crippen LogP contribution < -0.4 is 10.2 Å². The molecule has 0 aliphatic carbocycles. The van der Waals surface area contributed by atoms with Crippen LogP contribution in [0.2, 0.25) is 5.02 Å². The van der Waals surface area contributed by atoms with Gasteiger partial charge in [-0.1, -0.05) is 11.6 Å². The van der Waals surface area contributed by atoms with Gasteiger partial charge in [0, 0.05) is 11.4 Å². The molecule has 0 aromatic heterocycles. The summed E-state index contributed by atoms with van der Waals surface area (Å²) in [5.41, 5.74) is 0.0660. The predicted octanol–water partition coefficient (Wildman–Crippen LogP) is 0.119. The summed E-state index contributed by atoms with van der Waals surface area (Å²) in [5.74, 6) is -0.695. The van der Waals surface area contributed by atoms with Gasteiger partial charge in [-0.3, -0.25) is 4.79 Å². The average molecular weight is 336 g/mol. The van der Waals surface area contributed by atoms with E-state index in [-0.39, 0.29) is 40.7 Å². The van der Waals surface area contributed by atoms with E-state index in [4.69, 9.17) is 11.6 Å². The van der Waals surface area contributed by atoms with Crippen molar-refractivity contribution in [2.45, 2.75) is 12.5 Å². The maximum absolute atomic E-state index is 13.6. The van der Waals surface area contributed by atoms with Crippen molar-refractivity contribution >= 4 is 33.0 Å². The molecule has 1 fully saturated rings. The molecule has 1 aliphatic rings. The Morgan fingerprint density at radius 2 is 2.24 bits per heavy atom. The molecule has 0 radical (unpaired) electrons. The number of benzene rings is 1. The number of anilines is 1. The maximum Gasteiger partial charge on any atom is 0.279 e. The van der Waals surface area contributed by atoms with Crippen LogP contribution >= 0.6 is 11.6 Å². The summed E-state index contributed by atoms with van der Waals surface area (Å²) >= 11 is 5.64. The van der Waals surface area contributed by atoms with E-state index in [1.54, 1.807) is 7.05 Å². The Morgan fingerprint density at radius 3 is 2.81 bits per heavy atom. The molecular weight excluding hydrogens is 319 g/mol. The van der Waals surface area contributed by atoms with E-state index in [1.807, 2.05) is 0 Å². The van der Waals surface area contributed by atoms with Crippen molar-refractivity contribution in [3.63, 3.8) is 0 Å². The lowest BCUT2D eigenvalue weighted by Gasteiger charge is -2.19. The Hall–Kier alpha value is -1.18. The summed E-state index contributed by atoms with van der Waals surface area (Å²) in [7, 11) is -1.21. The first-order chi connectivity index (χ1) is 9.77. The van der Waals surface area contributed by atoms with Gasteiger partial charge in [0.15, 0.2) is 16.4 Å². The molecule has 1 aromatic rings. The number of quaternary nitrogens is 1. The SMILES string of the molecule is C[NH+](CC(=O)Nc1ccc(Cl)cc1F)[C@@H]1CCS(=O)(=O)C1. The van der Waals surface area contributed by atoms with Gasteiger partial charge in [-0.15, -0.1) is 0 Å². The zero-order valence-electron chi connectivity index (χ0n) is 11.5. The van der Waals surface area contributed by atoms with Gasteiger partial charge in [-0.2, -0.15) is 0 Å². The highest BCUT2D eigenvalue weighted by Crippen LogP contribution is 2.18. The molecule has 1 unspecified atom stereocenters. The normalized spacial score (nSPS) is 22.0. The average Bonchev–Trinajstić information content (AvgIpc) is 2.73. The number of hydrogen-bond donors (Lipinski definition) is 2. The Bertz CT molecular complexity index is 651. The van der Waals surface area contributed by atoms with Crippen LogP contribution in [0.3, 0.4) is 0 Å². The summed E-state index contributed by atoms with van der Waals surface area (Å²) in [6, 6.07) is 3.92. The van der Waals surface area contributed by atoms with E-state index in [1.165, 1.54) is 12.1 Å². The number of carbonyl (C=O) groups is 1. The van der Waals surface area contributed by atoms with Gasteiger partial charge in [0.2, 0.25) is 0 Å². The molecule has 2 N–H and O–H groups in total. The van der Waals surface area contributed by atoms with Gasteiger partial charge in [-0.05, 0) is 18.2 Å². The molecule has 21 heavy (non-hydrogen) atoms. The first-order valence-electron chi connectivity index (χ1n) is 6.54. The fourth-order valence-electron chi connectivity index (χ4n) is 2.37. The van der Waals surface area contributed by atoms with E-state index in [0.29, 0.717) is 6.42 Å². The third-order valence-electron chi connectivity index (χ3n) is 3.57. The van der Waals surface area contributed by atoms with Crippen molar-refractivity contribution in [3.05, 3.63) is 29.0 Å². The molecule has 2 atom stereocenters. The number of sulfone groups is 1. The molecule has 2 rings (SSSR count). The quantitative estimate of drug-likeness (QED) is 0.821. The molecule has 1 aliphatic heterocycles. The smallest absolute Gasteiger partial charge is 0.279 e. The van der Waals surface area contributed by atoms with Crippen LogP contribution in [0.15, 0.2) is 18.2 Å². The number of halogens is 2. The third kappa shape index (κ3) is 4.39. The number of rotatable bonds is 4. The Morgan fingerprint density at radius 1 is 1.52 bits per heavy atom. The van der Waals surface area contributed by atoms with Crippen LogP contribution in [0, 0.1) is 5.82 Å². The van der Waals surface area contributed by atoms with Gasteiger partial charge >= 0.3 is 0 Å². The Balaban J connectivity index is 1.92. The first-order valence-corrected chi connectivity index (χ1v) is 8.74. The fraction of sp³-hybridized carbons (Fsp3) is 0.462. The molecule has 0 bridgehead atoms. The minimum atomic E-state index is -2.97. The highest BCUT2D eigenvalue weighted by atomic mass is 35.5. The van der Waals surface area contributed by atoms with Gasteiger partial charge in [0.05, 0.1) is 18.5 Å². The lowest BCUT2D eigenvalue weighted by Crippen LogP contribution is -3.14. The standard InChI is InChI=1S/C13H16ClFN2O3S/c1-17(10-4-5-21(19,20)8-10)7-13(18)16-12-3-2-9(14)6-11(12)15/h2-3,6,10H,4-5,7-8H2,1H3,(H,16,18)/p+1/t10-/m1/s1. The van der Waals surface area contributed by atoms with Gasteiger partial charge in [-0.25, -0.2) is 12.8 Å². The second kappa shape index (κ2) is 6.29. The second-order valence-electron chi connectivity index (χ2n) is 5.30.